The van der Waals surface area contributed by atoms with Crippen molar-refractivity contribution in [3.05, 3.63) is 35.4 Å². The van der Waals surface area contributed by atoms with E-state index in [4.69, 9.17) is 10.00 Å². The molecular weight excluding hydrogens is 228 g/mol. The predicted octanol–water partition coefficient (Wildman–Crippen LogP) is 2.22. The minimum atomic E-state index is -0.589. The molecule has 0 bridgehead atoms. The van der Waals surface area contributed by atoms with Crippen molar-refractivity contribution in [2.75, 3.05) is 25.6 Å². The standard InChI is InChI=1S/C14H16N2O2/c1-4-18-14(17)12(10-15)9-11-7-5-6-8-13(11)16(2)3/h5-9H,4H2,1-3H3. The number of benzene rings is 1. The molecule has 94 valence electrons. The number of hydrogen-bond donors (Lipinski definition) is 0. The van der Waals surface area contributed by atoms with Crippen LogP contribution in [0.1, 0.15) is 12.5 Å². The number of hydrogen-bond acceptors (Lipinski definition) is 4. The summed E-state index contributed by atoms with van der Waals surface area (Å²) in [5.41, 5.74) is 1.76. The van der Waals surface area contributed by atoms with Gasteiger partial charge in [-0.05, 0) is 24.6 Å². The summed E-state index contributed by atoms with van der Waals surface area (Å²) in [4.78, 5) is 13.5. The first-order valence-corrected chi connectivity index (χ1v) is 5.65. The lowest BCUT2D eigenvalue weighted by Gasteiger charge is -2.15. The van der Waals surface area contributed by atoms with Gasteiger partial charge in [-0.15, -0.1) is 0 Å². The van der Waals surface area contributed by atoms with E-state index in [-0.39, 0.29) is 12.2 Å². The third-order valence-electron chi connectivity index (χ3n) is 2.33. The van der Waals surface area contributed by atoms with Crippen molar-refractivity contribution in [2.24, 2.45) is 0 Å². The van der Waals surface area contributed by atoms with Gasteiger partial charge in [0.1, 0.15) is 11.6 Å². The molecule has 0 atom stereocenters. The molecule has 0 aliphatic heterocycles. The van der Waals surface area contributed by atoms with Crippen LogP contribution in [-0.2, 0) is 9.53 Å². The Bertz CT molecular complexity index is 499. The number of carbonyl (C=O) groups excluding carboxylic acids is 1. The summed E-state index contributed by atoms with van der Waals surface area (Å²) in [6.45, 7) is 1.97. The first-order chi connectivity index (χ1) is 8.60. The molecule has 18 heavy (non-hydrogen) atoms. The van der Waals surface area contributed by atoms with Crippen LogP contribution in [-0.4, -0.2) is 26.7 Å². The van der Waals surface area contributed by atoms with Crippen LogP contribution in [0, 0.1) is 11.3 Å². The Hall–Kier alpha value is -2.28. The molecular formula is C14H16N2O2. The summed E-state index contributed by atoms with van der Waals surface area (Å²) in [6.07, 6.45) is 1.55. The van der Waals surface area contributed by atoms with E-state index in [1.54, 1.807) is 13.0 Å². The quantitative estimate of drug-likeness (QED) is 0.463. The second-order valence-electron chi connectivity index (χ2n) is 3.84. The van der Waals surface area contributed by atoms with E-state index in [0.29, 0.717) is 0 Å². The second-order valence-corrected chi connectivity index (χ2v) is 3.84. The Balaban J connectivity index is 3.14. The van der Waals surface area contributed by atoms with E-state index in [0.717, 1.165) is 11.3 Å². The summed E-state index contributed by atoms with van der Waals surface area (Å²) < 4.78 is 4.82. The van der Waals surface area contributed by atoms with Gasteiger partial charge in [-0.25, -0.2) is 4.79 Å². The lowest BCUT2D eigenvalue weighted by molar-refractivity contribution is -0.137. The van der Waals surface area contributed by atoms with Crippen LogP contribution in [0.4, 0.5) is 5.69 Å². The fourth-order valence-electron chi connectivity index (χ4n) is 1.52. The van der Waals surface area contributed by atoms with E-state index in [1.165, 1.54) is 0 Å². The highest BCUT2D eigenvalue weighted by atomic mass is 16.5. The van der Waals surface area contributed by atoms with Crippen molar-refractivity contribution >= 4 is 17.7 Å². The Morgan fingerprint density at radius 3 is 2.67 bits per heavy atom. The Morgan fingerprint density at radius 2 is 2.11 bits per heavy atom. The van der Waals surface area contributed by atoms with Gasteiger partial charge in [0.25, 0.3) is 0 Å². The van der Waals surface area contributed by atoms with Gasteiger partial charge in [-0.3, -0.25) is 0 Å². The summed E-state index contributed by atoms with van der Waals surface area (Å²) in [5, 5.41) is 8.98. The largest absolute Gasteiger partial charge is 0.462 e. The average Bonchev–Trinajstić information content (AvgIpc) is 2.36. The van der Waals surface area contributed by atoms with Crippen LogP contribution in [0.2, 0.25) is 0 Å². The van der Waals surface area contributed by atoms with Crippen molar-refractivity contribution in [1.29, 1.82) is 5.26 Å². The van der Waals surface area contributed by atoms with Crippen LogP contribution in [0.15, 0.2) is 29.8 Å². The summed E-state index contributed by atoms with van der Waals surface area (Å²) in [7, 11) is 3.81. The number of nitriles is 1. The molecule has 0 amide bonds. The third kappa shape index (κ3) is 3.36. The molecule has 0 aliphatic carbocycles. The number of esters is 1. The Morgan fingerprint density at radius 1 is 1.44 bits per heavy atom. The maximum absolute atomic E-state index is 11.5. The molecule has 0 spiro atoms. The SMILES string of the molecule is CCOC(=O)C(C#N)=Cc1ccccc1N(C)C. The van der Waals surface area contributed by atoms with Crippen LogP contribution in [0.25, 0.3) is 6.08 Å². The fourth-order valence-corrected chi connectivity index (χ4v) is 1.52. The molecule has 0 aliphatic rings. The first kappa shape index (κ1) is 13.8. The van der Waals surface area contributed by atoms with Gasteiger partial charge < -0.3 is 9.64 Å². The number of ether oxygens (including phenoxy) is 1. The van der Waals surface area contributed by atoms with E-state index in [1.807, 2.05) is 49.3 Å². The summed E-state index contributed by atoms with van der Waals surface area (Å²) >= 11 is 0. The Kier molecular flexibility index (Phi) is 4.94. The van der Waals surface area contributed by atoms with E-state index in [2.05, 4.69) is 0 Å². The topological polar surface area (TPSA) is 53.3 Å². The third-order valence-corrected chi connectivity index (χ3v) is 2.33. The smallest absolute Gasteiger partial charge is 0.348 e. The van der Waals surface area contributed by atoms with Gasteiger partial charge in [0, 0.05) is 19.8 Å². The van der Waals surface area contributed by atoms with Crippen molar-refractivity contribution in [3.8, 4) is 6.07 Å². The average molecular weight is 244 g/mol. The molecule has 1 aromatic rings. The lowest BCUT2D eigenvalue weighted by Crippen LogP contribution is -2.11. The van der Waals surface area contributed by atoms with Crippen molar-refractivity contribution in [2.45, 2.75) is 6.92 Å². The molecule has 0 saturated carbocycles. The number of para-hydroxylation sites is 1. The molecule has 1 aromatic carbocycles. The zero-order chi connectivity index (χ0) is 13.5. The maximum atomic E-state index is 11.5. The molecule has 4 heteroatoms. The van der Waals surface area contributed by atoms with Crippen LogP contribution >= 0.6 is 0 Å². The fraction of sp³-hybridized carbons (Fsp3) is 0.286. The first-order valence-electron chi connectivity index (χ1n) is 5.65. The zero-order valence-electron chi connectivity index (χ0n) is 10.8. The predicted molar refractivity (Wildman–Crippen MR) is 71.0 cm³/mol. The minimum absolute atomic E-state index is 0.00569. The van der Waals surface area contributed by atoms with Gasteiger partial charge in [0.15, 0.2) is 0 Å². The Labute approximate surface area is 107 Å². The highest BCUT2D eigenvalue weighted by Crippen LogP contribution is 2.21. The van der Waals surface area contributed by atoms with E-state index in [9.17, 15) is 4.79 Å². The van der Waals surface area contributed by atoms with Crippen molar-refractivity contribution < 1.29 is 9.53 Å². The van der Waals surface area contributed by atoms with Gasteiger partial charge in [0.2, 0.25) is 0 Å². The van der Waals surface area contributed by atoms with Crippen LogP contribution in [0.3, 0.4) is 0 Å². The number of nitrogens with zero attached hydrogens (tertiary/aromatic N) is 2. The van der Waals surface area contributed by atoms with Gasteiger partial charge in [0.05, 0.1) is 6.61 Å². The van der Waals surface area contributed by atoms with Gasteiger partial charge >= 0.3 is 5.97 Å². The minimum Gasteiger partial charge on any atom is -0.462 e. The molecule has 0 saturated heterocycles. The summed E-state index contributed by atoms with van der Waals surface area (Å²) in [6, 6.07) is 9.41. The molecule has 0 N–H and O–H groups in total. The maximum Gasteiger partial charge on any atom is 0.348 e. The van der Waals surface area contributed by atoms with Crippen LogP contribution in [0.5, 0.6) is 0 Å². The van der Waals surface area contributed by atoms with Crippen LogP contribution < -0.4 is 4.90 Å². The normalized spacial score (nSPS) is 10.7. The van der Waals surface area contributed by atoms with Crippen molar-refractivity contribution in [3.63, 3.8) is 0 Å². The second kappa shape index (κ2) is 6.45. The lowest BCUT2D eigenvalue weighted by atomic mass is 10.1. The number of rotatable bonds is 4. The monoisotopic (exact) mass is 244 g/mol. The number of carbonyl (C=O) groups is 1. The molecule has 0 heterocycles. The number of anilines is 1. The van der Waals surface area contributed by atoms with Gasteiger partial charge in [-0.2, -0.15) is 5.26 Å². The zero-order valence-corrected chi connectivity index (χ0v) is 10.8. The highest BCUT2D eigenvalue weighted by molar-refractivity contribution is 5.98. The molecule has 0 fully saturated rings. The molecule has 0 aromatic heterocycles. The van der Waals surface area contributed by atoms with Gasteiger partial charge in [-0.1, -0.05) is 18.2 Å². The highest BCUT2D eigenvalue weighted by Gasteiger charge is 2.11. The van der Waals surface area contributed by atoms with E-state index >= 15 is 0 Å². The van der Waals surface area contributed by atoms with Crippen molar-refractivity contribution in [1.82, 2.24) is 0 Å². The molecule has 0 unspecified atom stereocenters. The molecule has 0 radical (unpaired) electrons. The molecule has 4 nitrogen and oxygen atoms in total. The summed E-state index contributed by atoms with van der Waals surface area (Å²) in [5.74, 6) is -0.589. The molecule has 1 rings (SSSR count). The van der Waals surface area contributed by atoms with E-state index < -0.39 is 5.97 Å².